The van der Waals surface area contributed by atoms with E-state index in [0.717, 1.165) is 31.0 Å². The van der Waals surface area contributed by atoms with E-state index in [0.29, 0.717) is 5.92 Å². The molecule has 3 rings (SSSR count). The van der Waals surface area contributed by atoms with Crippen LogP contribution in [0.1, 0.15) is 27.7 Å². The lowest BCUT2D eigenvalue weighted by Crippen LogP contribution is -2.41. The van der Waals surface area contributed by atoms with E-state index in [9.17, 15) is 0 Å². The SMILES string of the molecule is CC1(C)OB(c2ccc(OCC3COC3)cc2)OC1(C)C. The molecule has 0 amide bonds. The van der Waals surface area contributed by atoms with Crippen molar-refractivity contribution < 1.29 is 18.8 Å². The fraction of sp³-hybridized carbons (Fsp3) is 0.625. The Labute approximate surface area is 126 Å². The normalized spacial score (nSPS) is 23.9. The average molecular weight is 290 g/mol. The van der Waals surface area contributed by atoms with Crippen molar-refractivity contribution in [1.82, 2.24) is 0 Å². The summed E-state index contributed by atoms with van der Waals surface area (Å²) >= 11 is 0. The van der Waals surface area contributed by atoms with Crippen molar-refractivity contribution in [3.63, 3.8) is 0 Å². The molecule has 1 aromatic rings. The summed E-state index contributed by atoms with van der Waals surface area (Å²) in [6.07, 6.45) is 0. The van der Waals surface area contributed by atoms with Gasteiger partial charge >= 0.3 is 7.12 Å². The molecule has 0 saturated carbocycles. The maximum Gasteiger partial charge on any atom is 0.494 e. The summed E-state index contributed by atoms with van der Waals surface area (Å²) in [6, 6.07) is 7.96. The number of ether oxygens (including phenoxy) is 2. The molecule has 21 heavy (non-hydrogen) atoms. The van der Waals surface area contributed by atoms with Crippen molar-refractivity contribution in [1.29, 1.82) is 0 Å². The van der Waals surface area contributed by atoms with Crippen LogP contribution < -0.4 is 10.2 Å². The highest BCUT2D eigenvalue weighted by atomic mass is 16.7. The van der Waals surface area contributed by atoms with Gasteiger partial charge in [-0.2, -0.15) is 0 Å². The summed E-state index contributed by atoms with van der Waals surface area (Å²) in [6.45, 7) is 10.6. The van der Waals surface area contributed by atoms with Gasteiger partial charge in [-0.1, -0.05) is 12.1 Å². The van der Waals surface area contributed by atoms with E-state index in [4.69, 9.17) is 18.8 Å². The Hall–Kier alpha value is -1.04. The molecule has 0 aromatic heterocycles. The van der Waals surface area contributed by atoms with E-state index >= 15 is 0 Å². The standard InChI is InChI=1S/C16H23BO4/c1-15(2)16(3,4)21-17(20-15)13-5-7-14(8-6-13)19-11-12-9-18-10-12/h5-8,12H,9-11H2,1-4H3. The quantitative estimate of drug-likeness (QED) is 0.795. The summed E-state index contributed by atoms with van der Waals surface area (Å²) in [5, 5.41) is 0. The summed E-state index contributed by atoms with van der Waals surface area (Å²) in [4.78, 5) is 0. The maximum absolute atomic E-state index is 6.04. The van der Waals surface area contributed by atoms with Gasteiger partial charge < -0.3 is 18.8 Å². The minimum Gasteiger partial charge on any atom is -0.493 e. The molecular formula is C16H23BO4. The van der Waals surface area contributed by atoms with Crippen LogP contribution >= 0.6 is 0 Å². The second kappa shape index (κ2) is 5.31. The third-order valence-corrected chi connectivity index (χ3v) is 4.60. The van der Waals surface area contributed by atoms with Crippen LogP contribution in [0.5, 0.6) is 5.75 Å². The van der Waals surface area contributed by atoms with E-state index in [-0.39, 0.29) is 18.3 Å². The molecule has 0 aliphatic carbocycles. The van der Waals surface area contributed by atoms with Gasteiger partial charge in [0, 0.05) is 5.92 Å². The van der Waals surface area contributed by atoms with Crippen molar-refractivity contribution in [2.75, 3.05) is 19.8 Å². The maximum atomic E-state index is 6.04. The molecule has 0 unspecified atom stereocenters. The predicted octanol–water partition coefficient (Wildman–Crippen LogP) is 2.01. The van der Waals surface area contributed by atoms with Crippen LogP contribution in [-0.2, 0) is 14.0 Å². The van der Waals surface area contributed by atoms with Crippen molar-refractivity contribution in [3.05, 3.63) is 24.3 Å². The monoisotopic (exact) mass is 290 g/mol. The second-order valence-electron chi connectivity index (χ2n) is 6.87. The highest BCUT2D eigenvalue weighted by Gasteiger charge is 2.51. The minimum absolute atomic E-state index is 0.308. The first kappa shape index (κ1) is 14.9. The predicted molar refractivity (Wildman–Crippen MR) is 82.0 cm³/mol. The lowest BCUT2D eigenvalue weighted by Gasteiger charge is -2.32. The second-order valence-corrected chi connectivity index (χ2v) is 6.87. The van der Waals surface area contributed by atoms with Crippen LogP contribution in [0.3, 0.4) is 0 Å². The van der Waals surface area contributed by atoms with Gasteiger partial charge in [0.25, 0.3) is 0 Å². The summed E-state index contributed by atoms with van der Waals surface area (Å²) < 4.78 is 23.0. The molecular weight excluding hydrogens is 267 g/mol. The fourth-order valence-electron chi connectivity index (χ4n) is 2.30. The Kier molecular flexibility index (Phi) is 3.76. The highest BCUT2D eigenvalue weighted by molar-refractivity contribution is 6.62. The fourth-order valence-corrected chi connectivity index (χ4v) is 2.30. The molecule has 2 saturated heterocycles. The zero-order valence-electron chi connectivity index (χ0n) is 13.2. The zero-order chi connectivity index (χ0) is 15.1. The van der Waals surface area contributed by atoms with E-state index in [1.807, 2.05) is 24.3 Å². The molecule has 4 nitrogen and oxygen atoms in total. The topological polar surface area (TPSA) is 36.9 Å². The van der Waals surface area contributed by atoms with E-state index in [1.54, 1.807) is 0 Å². The third kappa shape index (κ3) is 2.96. The smallest absolute Gasteiger partial charge is 0.493 e. The number of benzene rings is 1. The molecule has 0 atom stereocenters. The highest BCUT2D eigenvalue weighted by Crippen LogP contribution is 2.36. The van der Waals surface area contributed by atoms with Gasteiger partial charge in [-0.25, -0.2) is 0 Å². The Morgan fingerprint density at radius 1 is 1.05 bits per heavy atom. The van der Waals surface area contributed by atoms with Gasteiger partial charge in [0.2, 0.25) is 0 Å². The average Bonchev–Trinajstić information content (AvgIpc) is 2.57. The molecule has 5 heteroatoms. The molecule has 114 valence electrons. The summed E-state index contributed by atoms with van der Waals surface area (Å²) in [7, 11) is -0.316. The van der Waals surface area contributed by atoms with E-state index < -0.39 is 0 Å². The molecule has 0 bridgehead atoms. The first-order valence-electron chi connectivity index (χ1n) is 7.53. The van der Waals surface area contributed by atoms with Gasteiger partial charge in [-0.15, -0.1) is 0 Å². The lowest BCUT2D eigenvalue weighted by atomic mass is 9.79. The Bertz CT molecular complexity index is 478. The molecule has 0 spiro atoms. The van der Waals surface area contributed by atoms with Gasteiger partial charge in [-0.3, -0.25) is 0 Å². The van der Waals surface area contributed by atoms with Crippen molar-refractivity contribution in [3.8, 4) is 5.75 Å². The van der Waals surface area contributed by atoms with E-state index in [2.05, 4.69) is 27.7 Å². The van der Waals surface area contributed by atoms with Crippen LogP contribution in [0.25, 0.3) is 0 Å². The molecule has 2 aliphatic heterocycles. The third-order valence-electron chi connectivity index (χ3n) is 4.60. The van der Waals surface area contributed by atoms with Crippen LogP contribution in [-0.4, -0.2) is 38.1 Å². The van der Waals surface area contributed by atoms with Gasteiger partial charge in [-0.05, 0) is 45.3 Å². The summed E-state index contributed by atoms with van der Waals surface area (Å²) in [5.41, 5.74) is 0.404. The van der Waals surface area contributed by atoms with Gasteiger partial charge in [0.1, 0.15) is 5.75 Å². The molecule has 1 aromatic carbocycles. The lowest BCUT2D eigenvalue weighted by molar-refractivity contribution is -0.0508. The molecule has 0 N–H and O–H groups in total. The first-order valence-corrected chi connectivity index (χ1v) is 7.53. The molecule has 2 fully saturated rings. The number of hydrogen-bond acceptors (Lipinski definition) is 4. The molecule has 2 heterocycles. The zero-order valence-corrected chi connectivity index (χ0v) is 13.2. The van der Waals surface area contributed by atoms with Crippen LogP contribution in [0.2, 0.25) is 0 Å². The number of rotatable bonds is 4. The Morgan fingerprint density at radius 3 is 2.10 bits per heavy atom. The van der Waals surface area contributed by atoms with Crippen LogP contribution in [0, 0.1) is 5.92 Å². The van der Waals surface area contributed by atoms with Crippen LogP contribution in [0.4, 0.5) is 0 Å². The van der Waals surface area contributed by atoms with Crippen molar-refractivity contribution in [2.45, 2.75) is 38.9 Å². The van der Waals surface area contributed by atoms with Crippen molar-refractivity contribution >= 4 is 12.6 Å². The molecule has 0 radical (unpaired) electrons. The van der Waals surface area contributed by atoms with Gasteiger partial charge in [0.05, 0.1) is 31.0 Å². The van der Waals surface area contributed by atoms with Crippen LogP contribution in [0.15, 0.2) is 24.3 Å². The number of hydrogen-bond donors (Lipinski definition) is 0. The van der Waals surface area contributed by atoms with Crippen molar-refractivity contribution in [2.24, 2.45) is 5.92 Å². The summed E-state index contributed by atoms with van der Waals surface area (Å²) in [5.74, 6) is 1.41. The Morgan fingerprint density at radius 2 is 1.62 bits per heavy atom. The largest absolute Gasteiger partial charge is 0.494 e. The van der Waals surface area contributed by atoms with Gasteiger partial charge in [0.15, 0.2) is 0 Å². The van der Waals surface area contributed by atoms with E-state index in [1.165, 1.54) is 0 Å². The first-order chi connectivity index (χ1) is 9.87. The molecule has 2 aliphatic rings. The Balaban J connectivity index is 1.62. The minimum atomic E-state index is -0.316.